The number of carbonyl (C=O) groups is 1. The van der Waals surface area contributed by atoms with E-state index in [2.05, 4.69) is 75.4 Å². The molecule has 3 atom stereocenters. The molecule has 3 aromatic carbocycles. The molecule has 0 amide bonds. The van der Waals surface area contributed by atoms with Gasteiger partial charge >= 0.3 is 5.97 Å². The zero-order valence-electron chi connectivity index (χ0n) is 23.9. The van der Waals surface area contributed by atoms with E-state index >= 15 is 0 Å². The molecule has 214 valence electrons. The summed E-state index contributed by atoms with van der Waals surface area (Å²) in [5.41, 5.74) is 2.29. The molecule has 6 nitrogen and oxygen atoms in total. The molecule has 0 fully saturated rings. The lowest BCUT2D eigenvalue weighted by molar-refractivity contribution is -0.00269. The number of benzene rings is 3. The lowest BCUT2D eigenvalue weighted by atomic mass is 9.79. The smallest absolute Gasteiger partial charge is 0.339 e. The fraction of sp³-hybridized carbons (Fsp3) is 0.364. The van der Waals surface area contributed by atoms with Gasteiger partial charge in [-0.15, -0.1) is 0 Å². The van der Waals surface area contributed by atoms with E-state index in [9.17, 15) is 4.79 Å². The van der Waals surface area contributed by atoms with Crippen molar-refractivity contribution in [3.63, 3.8) is 0 Å². The van der Waals surface area contributed by atoms with E-state index in [0.29, 0.717) is 17.1 Å². The first-order chi connectivity index (χ1) is 19.7. The van der Waals surface area contributed by atoms with Crippen LogP contribution in [0.1, 0.15) is 49.5 Å². The van der Waals surface area contributed by atoms with Crippen molar-refractivity contribution in [1.29, 1.82) is 0 Å². The number of ether oxygens (including phenoxy) is 3. The summed E-state index contributed by atoms with van der Waals surface area (Å²) in [6.07, 6.45) is 2.93. The molecule has 41 heavy (non-hydrogen) atoms. The third kappa shape index (κ3) is 5.10. The zero-order chi connectivity index (χ0) is 28.8. The van der Waals surface area contributed by atoms with Gasteiger partial charge in [0, 0.05) is 13.6 Å². The van der Waals surface area contributed by atoms with Crippen molar-refractivity contribution in [1.82, 2.24) is 4.42 Å². The highest BCUT2D eigenvalue weighted by atomic mass is 35.5. The Bertz CT molecular complexity index is 1410. The molecule has 0 spiro atoms. The topological polar surface area (TPSA) is 57.2 Å². The maximum absolute atomic E-state index is 13.5. The first kappa shape index (κ1) is 28.0. The molecular weight excluding hydrogens is 554 g/mol. The van der Waals surface area contributed by atoms with Crippen LogP contribution in [-0.4, -0.2) is 51.3 Å². The average molecular weight is 590 g/mol. The van der Waals surface area contributed by atoms with Crippen LogP contribution in [0.15, 0.2) is 78.9 Å². The Hall–Kier alpha value is -3.10. The molecule has 3 aliphatic rings. The molecule has 2 aliphatic heterocycles. The largest absolute Gasteiger partial charge is 0.454 e. The SMILES string of the molecule is CN(Cl)CC[C@@H]1C=C2c3cc4c(cc3C(=O)O[C@H]2[C@@H](O[Si](c2ccccc2)(c2ccccc2)C(C)(C)C)C1)OCO4. The normalized spacial score (nSPS) is 21.7. The molecule has 3 aromatic rings. The molecule has 0 saturated heterocycles. The molecule has 0 saturated carbocycles. The van der Waals surface area contributed by atoms with Crippen molar-refractivity contribution in [2.75, 3.05) is 20.4 Å². The minimum absolute atomic E-state index is 0.139. The lowest BCUT2D eigenvalue weighted by Gasteiger charge is -2.48. The van der Waals surface area contributed by atoms with Gasteiger partial charge in [-0.3, -0.25) is 0 Å². The fourth-order valence-corrected chi connectivity index (χ4v) is 11.3. The Morgan fingerprint density at radius 2 is 1.54 bits per heavy atom. The summed E-state index contributed by atoms with van der Waals surface area (Å²) in [5.74, 6) is 1.03. The minimum Gasteiger partial charge on any atom is -0.454 e. The summed E-state index contributed by atoms with van der Waals surface area (Å²) in [6, 6.07) is 24.8. The number of hydrogen-bond acceptors (Lipinski definition) is 6. The summed E-state index contributed by atoms with van der Waals surface area (Å²) in [6.45, 7) is 7.66. The van der Waals surface area contributed by atoms with Gasteiger partial charge in [-0.1, -0.05) is 87.5 Å². The number of fused-ring (bicyclic) bond motifs is 4. The number of esters is 1. The van der Waals surface area contributed by atoms with Crippen LogP contribution in [-0.2, 0) is 9.16 Å². The maximum atomic E-state index is 13.5. The van der Waals surface area contributed by atoms with Crippen LogP contribution in [0.4, 0.5) is 0 Å². The van der Waals surface area contributed by atoms with Gasteiger partial charge in [-0.05, 0) is 69.2 Å². The van der Waals surface area contributed by atoms with Gasteiger partial charge in [0.2, 0.25) is 6.79 Å². The molecule has 0 N–H and O–H groups in total. The van der Waals surface area contributed by atoms with Gasteiger partial charge in [0.25, 0.3) is 8.32 Å². The number of nitrogens with zero attached hydrogens (tertiary/aromatic N) is 1. The predicted octanol–water partition coefficient (Wildman–Crippen LogP) is 5.78. The van der Waals surface area contributed by atoms with Crippen LogP contribution in [0.5, 0.6) is 11.5 Å². The molecular formula is C33H36ClNO5Si. The highest BCUT2D eigenvalue weighted by Gasteiger charge is 2.54. The second-order valence-corrected chi connectivity index (χ2v) is 17.0. The quantitative estimate of drug-likeness (QED) is 0.198. The van der Waals surface area contributed by atoms with E-state index in [1.807, 2.05) is 25.2 Å². The van der Waals surface area contributed by atoms with E-state index in [1.165, 1.54) is 10.4 Å². The maximum Gasteiger partial charge on any atom is 0.339 e. The van der Waals surface area contributed by atoms with Gasteiger partial charge in [0.1, 0.15) is 0 Å². The van der Waals surface area contributed by atoms with Crippen molar-refractivity contribution in [2.45, 2.75) is 50.9 Å². The molecule has 1 aliphatic carbocycles. The van der Waals surface area contributed by atoms with Gasteiger partial charge in [0.15, 0.2) is 17.6 Å². The predicted molar refractivity (Wildman–Crippen MR) is 163 cm³/mol. The fourth-order valence-electron chi connectivity index (χ4n) is 6.52. The monoisotopic (exact) mass is 589 g/mol. The highest BCUT2D eigenvalue weighted by molar-refractivity contribution is 6.99. The van der Waals surface area contributed by atoms with Gasteiger partial charge in [0.05, 0.1) is 11.7 Å². The zero-order valence-corrected chi connectivity index (χ0v) is 25.7. The van der Waals surface area contributed by atoms with Crippen LogP contribution in [0.25, 0.3) is 5.57 Å². The third-order valence-corrected chi connectivity index (χ3v) is 13.7. The summed E-state index contributed by atoms with van der Waals surface area (Å²) >= 11 is 6.25. The van der Waals surface area contributed by atoms with E-state index in [-0.39, 0.29) is 29.8 Å². The van der Waals surface area contributed by atoms with E-state index < -0.39 is 14.4 Å². The van der Waals surface area contributed by atoms with Crippen LogP contribution < -0.4 is 19.8 Å². The number of hydrogen-bond donors (Lipinski definition) is 0. The first-order valence-electron chi connectivity index (χ1n) is 14.2. The van der Waals surface area contributed by atoms with E-state index in [0.717, 1.165) is 30.5 Å². The Morgan fingerprint density at radius 1 is 0.951 bits per heavy atom. The van der Waals surface area contributed by atoms with Crippen LogP contribution in [0, 0.1) is 5.92 Å². The molecule has 0 aromatic heterocycles. The van der Waals surface area contributed by atoms with Crippen molar-refractivity contribution >= 4 is 42.0 Å². The molecule has 2 heterocycles. The Morgan fingerprint density at radius 3 is 2.10 bits per heavy atom. The first-order valence-corrected chi connectivity index (χ1v) is 16.4. The average Bonchev–Trinajstić information content (AvgIpc) is 3.42. The molecule has 6 rings (SSSR count). The standard InChI is InChI=1S/C33H36ClNO5Si/c1-33(2,3)41(23-11-7-5-8-12-23,24-13-9-6-10-14-24)40-30-18-22(15-16-35(4)34)17-26-25-19-28-29(38-21-37-28)20-27(25)32(36)39-31(26)30/h5-14,17,19-20,22,30-31H,15-16,18,21H2,1-4H3/t22-,30+,31-/m1/s1. The van der Waals surface area contributed by atoms with Crippen LogP contribution in [0.2, 0.25) is 5.04 Å². The molecule has 0 bridgehead atoms. The van der Waals surface area contributed by atoms with E-state index in [1.54, 1.807) is 10.5 Å². The second kappa shape index (κ2) is 10.9. The third-order valence-electron chi connectivity index (χ3n) is 8.43. The van der Waals surface area contributed by atoms with Crippen molar-refractivity contribution in [3.05, 3.63) is 90.0 Å². The Balaban J connectivity index is 1.49. The number of halogens is 1. The summed E-state index contributed by atoms with van der Waals surface area (Å²) in [4.78, 5) is 13.5. The van der Waals surface area contributed by atoms with E-state index in [4.69, 9.17) is 30.4 Å². The summed E-state index contributed by atoms with van der Waals surface area (Å²) < 4.78 is 26.8. The van der Waals surface area contributed by atoms with Gasteiger partial charge < -0.3 is 18.6 Å². The summed E-state index contributed by atoms with van der Waals surface area (Å²) in [5, 5.41) is 2.17. The second-order valence-electron chi connectivity index (χ2n) is 12.1. The highest BCUT2D eigenvalue weighted by Crippen LogP contribution is 2.47. The van der Waals surface area contributed by atoms with Gasteiger partial charge in [-0.25, -0.2) is 9.21 Å². The number of allylic oxidation sites excluding steroid dienone is 1. The van der Waals surface area contributed by atoms with Crippen molar-refractivity contribution in [3.8, 4) is 11.5 Å². The molecule has 0 unspecified atom stereocenters. The Labute approximate surface area is 248 Å². The van der Waals surface area contributed by atoms with Crippen molar-refractivity contribution in [2.24, 2.45) is 5.92 Å². The van der Waals surface area contributed by atoms with Crippen LogP contribution in [0.3, 0.4) is 0 Å². The van der Waals surface area contributed by atoms with Gasteiger partial charge in [-0.2, -0.15) is 0 Å². The number of rotatable bonds is 7. The number of carbonyl (C=O) groups excluding carboxylic acids is 1. The van der Waals surface area contributed by atoms with Crippen LogP contribution >= 0.6 is 11.8 Å². The lowest BCUT2D eigenvalue weighted by Crippen LogP contribution is -2.69. The summed E-state index contributed by atoms with van der Waals surface area (Å²) in [7, 11) is -1.05. The molecule has 0 radical (unpaired) electrons. The van der Waals surface area contributed by atoms with Crippen molar-refractivity contribution < 1.29 is 23.4 Å². The Kier molecular flexibility index (Phi) is 7.49. The molecule has 8 heteroatoms. The minimum atomic E-state index is -2.92.